The Bertz CT molecular complexity index is 563. The minimum atomic E-state index is 0.272. The van der Waals surface area contributed by atoms with Crippen molar-refractivity contribution in [2.45, 2.75) is 12.5 Å². The van der Waals surface area contributed by atoms with E-state index in [1.54, 1.807) is 7.11 Å². The molecule has 1 aliphatic heterocycles. The average molecular weight is 297 g/mol. The van der Waals surface area contributed by atoms with Crippen LogP contribution < -0.4 is 10.1 Å². The Kier molecular flexibility index (Phi) is 5.03. The topological polar surface area (TPSA) is 37.4 Å². The first-order chi connectivity index (χ1) is 10.9. The third kappa shape index (κ3) is 3.46. The minimum Gasteiger partial charge on any atom is -0.497 e. The number of hydrogen-bond donors (Lipinski definition) is 1. The Labute approximate surface area is 132 Å². The van der Waals surface area contributed by atoms with Gasteiger partial charge >= 0.3 is 0 Å². The van der Waals surface area contributed by atoms with Crippen molar-refractivity contribution in [3.63, 3.8) is 0 Å². The van der Waals surface area contributed by atoms with Gasteiger partial charge in [-0.25, -0.2) is 0 Å². The summed E-state index contributed by atoms with van der Waals surface area (Å²) in [4.78, 5) is 6.71. The first-order valence-corrected chi connectivity index (χ1v) is 7.87. The Morgan fingerprint density at radius 3 is 2.45 bits per heavy atom. The molecule has 22 heavy (non-hydrogen) atoms. The van der Waals surface area contributed by atoms with Gasteiger partial charge in [0.25, 0.3) is 0 Å². The zero-order valence-corrected chi connectivity index (χ0v) is 13.0. The summed E-state index contributed by atoms with van der Waals surface area (Å²) in [5.74, 6) is 0.898. The van der Waals surface area contributed by atoms with Crippen LogP contribution in [-0.4, -0.2) is 43.2 Å². The Morgan fingerprint density at radius 2 is 1.73 bits per heavy atom. The number of pyridine rings is 1. The molecule has 2 heterocycles. The highest BCUT2D eigenvalue weighted by Crippen LogP contribution is 2.29. The number of aromatic nitrogens is 1. The van der Waals surface area contributed by atoms with Crippen LogP contribution in [0.25, 0.3) is 0 Å². The molecule has 1 unspecified atom stereocenters. The maximum Gasteiger partial charge on any atom is 0.118 e. The van der Waals surface area contributed by atoms with Gasteiger partial charge in [-0.2, -0.15) is 0 Å². The molecule has 1 fully saturated rings. The zero-order valence-electron chi connectivity index (χ0n) is 13.0. The molecule has 1 aromatic carbocycles. The Balaban J connectivity index is 1.94. The van der Waals surface area contributed by atoms with E-state index in [0.717, 1.165) is 31.9 Å². The molecule has 4 nitrogen and oxygen atoms in total. The summed E-state index contributed by atoms with van der Waals surface area (Å²) in [6, 6.07) is 12.9. The lowest BCUT2D eigenvalue weighted by Crippen LogP contribution is -2.33. The first kappa shape index (κ1) is 15.0. The molecule has 0 saturated carbocycles. The fraction of sp³-hybridized carbons (Fsp3) is 0.389. The maximum absolute atomic E-state index is 5.29. The van der Waals surface area contributed by atoms with Gasteiger partial charge in [-0.1, -0.05) is 12.1 Å². The average Bonchev–Trinajstić information content (AvgIpc) is 2.86. The highest BCUT2D eigenvalue weighted by atomic mass is 16.5. The van der Waals surface area contributed by atoms with Crippen LogP contribution in [0.2, 0.25) is 0 Å². The number of ether oxygens (including phenoxy) is 1. The van der Waals surface area contributed by atoms with Gasteiger partial charge in [0.1, 0.15) is 5.75 Å². The predicted molar refractivity (Wildman–Crippen MR) is 88.1 cm³/mol. The highest BCUT2D eigenvalue weighted by Gasteiger charge is 2.23. The normalized spacial score (nSPS) is 17.7. The molecule has 0 radical (unpaired) electrons. The maximum atomic E-state index is 5.29. The molecular formula is C18H23N3O. The van der Waals surface area contributed by atoms with E-state index in [1.165, 1.54) is 17.5 Å². The second-order valence-electron chi connectivity index (χ2n) is 5.60. The molecule has 2 aromatic rings. The summed E-state index contributed by atoms with van der Waals surface area (Å²) in [6.45, 7) is 4.30. The third-order valence-electron chi connectivity index (χ3n) is 4.19. The first-order valence-electron chi connectivity index (χ1n) is 7.87. The number of hydrogen-bond acceptors (Lipinski definition) is 4. The van der Waals surface area contributed by atoms with E-state index in [-0.39, 0.29) is 6.04 Å². The largest absolute Gasteiger partial charge is 0.497 e. The number of benzene rings is 1. The van der Waals surface area contributed by atoms with Crippen LogP contribution in [0.1, 0.15) is 23.6 Å². The van der Waals surface area contributed by atoms with E-state index in [0.29, 0.717) is 0 Å². The number of nitrogens with one attached hydrogen (secondary N) is 1. The molecule has 1 aliphatic rings. The molecule has 0 aliphatic carbocycles. The monoisotopic (exact) mass is 297 g/mol. The van der Waals surface area contributed by atoms with Gasteiger partial charge in [0.05, 0.1) is 13.2 Å². The van der Waals surface area contributed by atoms with E-state index in [1.807, 2.05) is 24.5 Å². The van der Waals surface area contributed by atoms with Crippen molar-refractivity contribution in [1.82, 2.24) is 15.2 Å². The smallest absolute Gasteiger partial charge is 0.118 e. The van der Waals surface area contributed by atoms with Crippen molar-refractivity contribution in [2.75, 3.05) is 33.3 Å². The minimum absolute atomic E-state index is 0.272. The summed E-state index contributed by atoms with van der Waals surface area (Å²) in [7, 11) is 1.70. The van der Waals surface area contributed by atoms with Crippen LogP contribution in [0, 0.1) is 0 Å². The lowest BCUT2D eigenvalue weighted by atomic mass is 9.97. The molecule has 1 saturated heterocycles. The molecule has 3 rings (SSSR count). The molecule has 0 bridgehead atoms. The number of nitrogens with zero attached hydrogens (tertiary/aromatic N) is 2. The van der Waals surface area contributed by atoms with Crippen LogP contribution in [0.4, 0.5) is 0 Å². The quantitative estimate of drug-likeness (QED) is 0.941. The van der Waals surface area contributed by atoms with Crippen molar-refractivity contribution in [1.29, 1.82) is 0 Å². The third-order valence-corrected chi connectivity index (χ3v) is 4.19. The highest BCUT2D eigenvalue weighted by molar-refractivity contribution is 5.35. The van der Waals surface area contributed by atoms with Crippen LogP contribution in [-0.2, 0) is 0 Å². The van der Waals surface area contributed by atoms with Crippen LogP contribution in [0.5, 0.6) is 5.75 Å². The summed E-state index contributed by atoms with van der Waals surface area (Å²) in [6.07, 6.45) is 4.93. The zero-order chi connectivity index (χ0) is 15.2. The second-order valence-corrected chi connectivity index (χ2v) is 5.60. The van der Waals surface area contributed by atoms with Crippen molar-refractivity contribution >= 4 is 0 Å². The summed E-state index contributed by atoms with van der Waals surface area (Å²) < 4.78 is 5.29. The second kappa shape index (κ2) is 7.38. The van der Waals surface area contributed by atoms with E-state index in [4.69, 9.17) is 4.74 Å². The molecule has 4 heteroatoms. The van der Waals surface area contributed by atoms with Crippen molar-refractivity contribution in [3.05, 3.63) is 59.9 Å². The van der Waals surface area contributed by atoms with Gasteiger partial charge < -0.3 is 10.1 Å². The molecule has 1 atom stereocenters. The van der Waals surface area contributed by atoms with Gasteiger partial charge in [-0.3, -0.25) is 9.88 Å². The molecular weight excluding hydrogens is 274 g/mol. The summed E-state index contributed by atoms with van der Waals surface area (Å²) >= 11 is 0. The van der Waals surface area contributed by atoms with Crippen LogP contribution in [0.3, 0.4) is 0 Å². The summed E-state index contributed by atoms with van der Waals surface area (Å²) in [5.41, 5.74) is 2.59. The van der Waals surface area contributed by atoms with E-state index < -0.39 is 0 Å². The van der Waals surface area contributed by atoms with E-state index >= 15 is 0 Å². The number of rotatable bonds is 4. The molecule has 1 aromatic heterocycles. The van der Waals surface area contributed by atoms with Crippen LogP contribution in [0.15, 0.2) is 48.8 Å². The fourth-order valence-corrected chi connectivity index (χ4v) is 3.07. The molecule has 116 valence electrons. The van der Waals surface area contributed by atoms with Crippen LogP contribution >= 0.6 is 0 Å². The predicted octanol–water partition coefficient (Wildman–Crippen LogP) is 2.47. The van der Waals surface area contributed by atoms with Crippen molar-refractivity contribution in [3.8, 4) is 5.75 Å². The van der Waals surface area contributed by atoms with Crippen molar-refractivity contribution < 1.29 is 4.74 Å². The standard InChI is InChI=1S/C18H23N3O/c1-22-17-5-3-15(4-6-17)18(16-7-10-20-11-8-16)21-13-2-9-19-12-14-21/h3-8,10-11,18-19H,2,9,12-14H2,1H3. The number of methoxy groups -OCH3 is 1. The molecule has 1 N–H and O–H groups in total. The molecule has 0 amide bonds. The van der Waals surface area contributed by atoms with Gasteiger partial charge in [-0.15, -0.1) is 0 Å². The van der Waals surface area contributed by atoms with E-state index in [2.05, 4.69) is 39.5 Å². The Morgan fingerprint density at radius 1 is 1.00 bits per heavy atom. The lowest BCUT2D eigenvalue weighted by molar-refractivity contribution is 0.241. The van der Waals surface area contributed by atoms with Gasteiger partial charge in [0, 0.05) is 32.0 Å². The summed E-state index contributed by atoms with van der Waals surface area (Å²) in [5, 5.41) is 3.48. The Hall–Kier alpha value is -1.91. The van der Waals surface area contributed by atoms with Gasteiger partial charge in [0.2, 0.25) is 0 Å². The molecule has 0 spiro atoms. The fourth-order valence-electron chi connectivity index (χ4n) is 3.07. The van der Waals surface area contributed by atoms with Gasteiger partial charge in [-0.05, 0) is 48.4 Å². The van der Waals surface area contributed by atoms with Crippen molar-refractivity contribution in [2.24, 2.45) is 0 Å². The van der Waals surface area contributed by atoms with E-state index in [9.17, 15) is 0 Å². The lowest BCUT2D eigenvalue weighted by Gasteiger charge is -2.31. The SMILES string of the molecule is COc1ccc(C(c2ccncc2)N2CCCNCC2)cc1. The van der Waals surface area contributed by atoms with Gasteiger partial charge in [0.15, 0.2) is 0 Å².